The normalized spacial score (nSPS) is 16.4. The molecule has 3 rings (SSSR count). The second-order valence-electron chi connectivity index (χ2n) is 6.37. The van der Waals surface area contributed by atoms with Crippen LogP contribution in [0.25, 0.3) is 0 Å². The van der Waals surface area contributed by atoms with Crippen LogP contribution in [0.1, 0.15) is 22.7 Å². The summed E-state index contributed by atoms with van der Waals surface area (Å²) < 4.78 is 5.87. The van der Waals surface area contributed by atoms with Crippen molar-refractivity contribution in [2.45, 2.75) is 19.6 Å². The van der Waals surface area contributed by atoms with Gasteiger partial charge in [-0.1, -0.05) is 42.0 Å². The van der Waals surface area contributed by atoms with E-state index in [-0.39, 0.29) is 0 Å². The maximum Gasteiger partial charge on any atom is 0.325 e. The van der Waals surface area contributed by atoms with Crippen molar-refractivity contribution in [1.82, 2.24) is 10.2 Å². The lowest BCUT2D eigenvalue weighted by atomic mass is 10.0. The zero-order valence-electron chi connectivity index (χ0n) is 14.4. The maximum absolute atomic E-state index is 11.8. The smallest absolute Gasteiger partial charge is 0.325 e. The van der Waals surface area contributed by atoms with E-state index in [1.165, 1.54) is 5.56 Å². The molecule has 2 aromatic carbocycles. The molecule has 2 aromatic rings. The van der Waals surface area contributed by atoms with Crippen LogP contribution in [0.3, 0.4) is 0 Å². The minimum absolute atomic E-state index is 0.467. The predicted molar refractivity (Wildman–Crippen MR) is 96.8 cm³/mol. The Kier molecular flexibility index (Phi) is 5.68. The Labute approximate surface area is 148 Å². The van der Waals surface area contributed by atoms with Crippen LogP contribution < -0.4 is 10.1 Å². The summed E-state index contributed by atoms with van der Waals surface area (Å²) in [5.74, 6) is -0.128. The molecule has 132 valence electrons. The molecule has 5 nitrogen and oxygen atoms in total. The van der Waals surface area contributed by atoms with Gasteiger partial charge in [0.1, 0.15) is 18.4 Å². The molecule has 1 atom stereocenters. The van der Waals surface area contributed by atoms with Gasteiger partial charge in [0.05, 0.1) is 0 Å². The summed E-state index contributed by atoms with van der Waals surface area (Å²) in [6.45, 7) is 5.60. The highest BCUT2D eigenvalue weighted by Crippen LogP contribution is 2.25. The molecule has 0 aliphatic carbocycles. The van der Waals surface area contributed by atoms with Crippen LogP contribution in [0.2, 0.25) is 0 Å². The lowest BCUT2D eigenvalue weighted by Crippen LogP contribution is -2.47. The Morgan fingerprint density at radius 1 is 1.20 bits per heavy atom. The highest BCUT2D eigenvalue weighted by atomic mass is 16.5. The number of carbonyl (C=O) groups is 1. The zero-order valence-corrected chi connectivity index (χ0v) is 14.4. The van der Waals surface area contributed by atoms with Gasteiger partial charge in [0, 0.05) is 26.2 Å². The zero-order chi connectivity index (χ0) is 17.6. The topological polar surface area (TPSA) is 61.8 Å². The van der Waals surface area contributed by atoms with E-state index in [4.69, 9.17) is 4.74 Å². The van der Waals surface area contributed by atoms with Crippen molar-refractivity contribution in [1.29, 1.82) is 0 Å². The number of rotatable bonds is 6. The molecule has 1 aliphatic rings. The van der Waals surface area contributed by atoms with E-state index in [9.17, 15) is 9.90 Å². The van der Waals surface area contributed by atoms with Crippen molar-refractivity contribution in [2.75, 3.05) is 26.2 Å². The fraction of sp³-hybridized carbons (Fsp3) is 0.350. The lowest BCUT2D eigenvalue weighted by Gasteiger charge is -2.32. The summed E-state index contributed by atoms with van der Waals surface area (Å²) in [6, 6.07) is 15.0. The summed E-state index contributed by atoms with van der Waals surface area (Å²) in [4.78, 5) is 13.8. The van der Waals surface area contributed by atoms with Gasteiger partial charge >= 0.3 is 5.97 Å². The van der Waals surface area contributed by atoms with E-state index < -0.39 is 12.0 Å². The third-order valence-corrected chi connectivity index (χ3v) is 4.45. The number of aliphatic carboxylic acids is 1. The minimum Gasteiger partial charge on any atom is -0.489 e. The van der Waals surface area contributed by atoms with E-state index in [1.54, 1.807) is 0 Å². The fourth-order valence-corrected chi connectivity index (χ4v) is 3.08. The molecule has 5 heteroatoms. The number of nitrogens with zero attached hydrogens (tertiary/aromatic N) is 1. The summed E-state index contributed by atoms with van der Waals surface area (Å²) in [5, 5.41) is 13.0. The summed E-state index contributed by atoms with van der Waals surface area (Å²) in [7, 11) is 0. The highest BCUT2D eigenvalue weighted by Gasteiger charge is 2.28. The fourth-order valence-electron chi connectivity index (χ4n) is 3.08. The van der Waals surface area contributed by atoms with Crippen molar-refractivity contribution >= 4 is 5.97 Å². The Hall–Kier alpha value is -2.37. The van der Waals surface area contributed by atoms with Crippen LogP contribution >= 0.6 is 0 Å². The number of hydrogen-bond acceptors (Lipinski definition) is 4. The molecule has 1 saturated heterocycles. The molecule has 0 aromatic heterocycles. The molecule has 1 heterocycles. The number of carboxylic acids is 1. The van der Waals surface area contributed by atoms with Crippen LogP contribution in [-0.4, -0.2) is 42.2 Å². The third kappa shape index (κ3) is 4.59. The summed E-state index contributed by atoms with van der Waals surface area (Å²) >= 11 is 0. The van der Waals surface area contributed by atoms with Crippen LogP contribution in [0.15, 0.2) is 48.5 Å². The molecule has 1 fully saturated rings. The molecular formula is C20H24N2O3. The number of ether oxygens (including phenoxy) is 1. The van der Waals surface area contributed by atoms with E-state index in [0.717, 1.165) is 37.3 Å². The van der Waals surface area contributed by atoms with E-state index >= 15 is 0 Å². The van der Waals surface area contributed by atoms with Crippen molar-refractivity contribution in [2.24, 2.45) is 0 Å². The lowest BCUT2D eigenvalue weighted by molar-refractivity contribution is -0.143. The standard InChI is InChI=1S/C20H24N2O3/c1-15-5-7-16(8-6-15)14-25-18-4-2-3-17(13-18)19(20(23)24)22-11-9-21-10-12-22/h2-8,13,19,21H,9-12,14H2,1H3,(H,23,24). The van der Waals surface area contributed by atoms with Gasteiger partial charge in [-0.15, -0.1) is 0 Å². The molecule has 1 unspecified atom stereocenters. The van der Waals surface area contributed by atoms with Crippen LogP contribution in [-0.2, 0) is 11.4 Å². The van der Waals surface area contributed by atoms with E-state index in [2.05, 4.69) is 24.4 Å². The molecule has 2 N–H and O–H groups in total. The van der Waals surface area contributed by atoms with Gasteiger partial charge < -0.3 is 15.2 Å². The second-order valence-corrected chi connectivity index (χ2v) is 6.37. The average Bonchev–Trinajstić information content (AvgIpc) is 2.62. The summed E-state index contributed by atoms with van der Waals surface area (Å²) in [6.07, 6.45) is 0. The number of carboxylic acid groups (broad SMARTS) is 1. The molecule has 0 bridgehead atoms. The second kappa shape index (κ2) is 8.14. The number of aryl methyl sites for hydroxylation is 1. The monoisotopic (exact) mass is 340 g/mol. The molecule has 1 aliphatic heterocycles. The number of piperazine rings is 1. The molecule has 0 amide bonds. The van der Waals surface area contributed by atoms with Crippen molar-refractivity contribution < 1.29 is 14.6 Å². The largest absolute Gasteiger partial charge is 0.489 e. The number of nitrogens with one attached hydrogen (secondary N) is 1. The van der Waals surface area contributed by atoms with Gasteiger partial charge in [-0.3, -0.25) is 9.69 Å². The Morgan fingerprint density at radius 3 is 2.60 bits per heavy atom. The maximum atomic E-state index is 11.8. The SMILES string of the molecule is Cc1ccc(COc2cccc(C(C(=O)O)N3CCNCC3)c2)cc1. The van der Waals surface area contributed by atoms with Crippen LogP contribution in [0, 0.1) is 6.92 Å². The summed E-state index contributed by atoms with van der Waals surface area (Å²) in [5.41, 5.74) is 3.06. The molecule has 0 spiro atoms. The number of hydrogen-bond donors (Lipinski definition) is 2. The first-order chi connectivity index (χ1) is 12.1. The van der Waals surface area contributed by atoms with Gasteiger partial charge in [-0.2, -0.15) is 0 Å². The Balaban J connectivity index is 1.72. The first-order valence-corrected chi connectivity index (χ1v) is 8.59. The van der Waals surface area contributed by atoms with Gasteiger partial charge in [0.2, 0.25) is 0 Å². The Bertz CT molecular complexity index is 709. The van der Waals surface area contributed by atoms with E-state index in [1.807, 2.05) is 41.3 Å². The van der Waals surface area contributed by atoms with Crippen molar-refractivity contribution in [3.8, 4) is 5.75 Å². The first kappa shape index (κ1) is 17.5. The van der Waals surface area contributed by atoms with Crippen LogP contribution in [0.4, 0.5) is 0 Å². The quantitative estimate of drug-likeness (QED) is 0.846. The van der Waals surface area contributed by atoms with Crippen molar-refractivity contribution in [3.05, 3.63) is 65.2 Å². The van der Waals surface area contributed by atoms with Gasteiger partial charge in [-0.05, 0) is 30.2 Å². The van der Waals surface area contributed by atoms with E-state index in [0.29, 0.717) is 12.4 Å². The van der Waals surface area contributed by atoms with Crippen LogP contribution in [0.5, 0.6) is 5.75 Å². The number of benzene rings is 2. The Morgan fingerprint density at radius 2 is 1.92 bits per heavy atom. The van der Waals surface area contributed by atoms with Gasteiger partial charge in [-0.25, -0.2) is 0 Å². The molecule has 0 saturated carbocycles. The highest BCUT2D eigenvalue weighted by molar-refractivity contribution is 5.75. The molecule has 25 heavy (non-hydrogen) atoms. The molecule has 0 radical (unpaired) electrons. The predicted octanol–water partition coefficient (Wildman–Crippen LogP) is 2.60. The molecular weight excluding hydrogens is 316 g/mol. The average molecular weight is 340 g/mol. The van der Waals surface area contributed by atoms with Gasteiger partial charge in [0.15, 0.2) is 0 Å². The first-order valence-electron chi connectivity index (χ1n) is 8.59. The minimum atomic E-state index is -0.822. The van der Waals surface area contributed by atoms with Crippen molar-refractivity contribution in [3.63, 3.8) is 0 Å². The van der Waals surface area contributed by atoms with Gasteiger partial charge in [0.25, 0.3) is 0 Å². The third-order valence-electron chi connectivity index (χ3n) is 4.45.